The fraction of sp³-hybridized carbons (Fsp3) is 0.714. The Kier molecular flexibility index (Phi) is 5.22. The average molecular weight is 231 g/mol. The molecule has 0 saturated heterocycles. The second-order valence-corrected chi connectivity index (χ2v) is 3.87. The summed E-state index contributed by atoms with van der Waals surface area (Å²) in [7, 11) is 0. The van der Waals surface area contributed by atoms with Crippen LogP contribution in [0.2, 0.25) is 0 Å². The van der Waals surface area contributed by atoms with Crippen molar-refractivity contribution < 1.29 is 4.52 Å². The number of nitrogens with one attached hydrogen (secondary N) is 1. The van der Waals surface area contributed by atoms with E-state index in [2.05, 4.69) is 20.0 Å². The van der Waals surface area contributed by atoms with Gasteiger partial charge in [0.05, 0.1) is 12.6 Å². The Morgan fingerprint density at radius 3 is 3.20 bits per heavy atom. The lowest BCUT2D eigenvalue weighted by Gasteiger charge is -1.98. The maximum Gasteiger partial charge on any atom is 0.241 e. The van der Waals surface area contributed by atoms with E-state index in [1.165, 1.54) is 0 Å². The summed E-state index contributed by atoms with van der Waals surface area (Å²) in [6, 6.07) is -0.584. The van der Waals surface area contributed by atoms with Gasteiger partial charge in [-0.2, -0.15) is 9.89 Å². The molecule has 0 saturated carbocycles. The molecule has 1 unspecified atom stereocenters. The van der Waals surface area contributed by atoms with E-state index in [1.807, 2.05) is 6.92 Å². The maximum absolute atomic E-state index is 9.97. The Labute approximate surface area is 91.3 Å². The minimum Gasteiger partial charge on any atom is -0.338 e. The van der Waals surface area contributed by atoms with Crippen LogP contribution >= 0.6 is 11.9 Å². The molecule has 1 rings (SSSR count). The second-order valence-electron chi connectivity index (χ2n) is 2.72. The molecule has 1 aromatic heterocycles. The van der Waals surface area contributed by atoms with Crippen LogP contribution in [0, 0.1) is 4.91 Å². The molecule has 0 bridgehead atoms. The molecule has 15 heavy (non-hydrogen) atoms. The zero-order valence-electron chi connectivity index (χ0n) is 8.34. The molecule has 0 fully saturated rings. The van der Waals surface area contributed by atoms with E-state index >= 15 is 0 Å². The van der Waals surface area contributed by atoms with Crippen molar-refractivity contribution in [1.29, 1.82) is 0 Å². The molecule has 1 atom stereocenters. The monoisotopic (exact) mass is 231 g/mol. The van der Waals surface area contributed by atoms with Crippen LogP contribution in [0.5, 0.6) is 0 Å². The molecular weight excluding hydrogens is 218 g/mol. The molecule has 7 nitrogen and oxygen atoms in total. The van der Waals surface area contributed by atoms with Crippen LogP contribution in [0.3, 0.4) is 0 Å². The van der Waals surface area contributed by atoms with Crippen LogP contribution in [-0.4, -0.2) is 22.4 Å². The third-order valence-electron chi connectivity index (χ3n) is 1.56. The first-order valence-corrected chi connectivity index (χ1v) is 5.48. The third-order valence-corrected chi connectivity index (χ3v) is 2.19. The molecule has 84 valence electrons. The van der Waals surface area contributed by atoms with Crippen LogP contribution in [0.1, 0.15) is 24.7 Å². The fourth-order valence-corrected chi connectivity index (χ4v) is 1.30. The Balaban J connectivity index is 2.44. The molecule has 1 heterocycles. The van der Waals surface area contributed by atoms with Gasteiger partial charge in [0.1, 0.15) is 6.54 Å². The van der Waals surface area contributed by atoms with Crippen LogP contribution in [0.15, 0.2) is 9.70 Å². The number of nitrogens with two attached hydrogens (primary N) is 1. The predicted octanol–water partition coefficient (Wildman–Crippen LogP) is 0.594. The number of aromatic nitrogens is 2. The SMILES string of the molecule is CCSNCc1nc(C(N)CN=O)no1. The van der Waals surface area contributed by atoms with Crippen molar-refractivity contribution >= 4 is 11.9 Å². The van der Waals surface area contributed by atoms with Crippen molar-refractivity contribution in [1.82, 2.24) is 14.9 Å². The van der Waals surface area contributed by atoms with Crippen molar-refractivity contribution in [3.8, 4) is 0 Å². The summed E-state index contributed by atoms with van der Waals surface area (Å²) in [5.41, 5.74) is 5.57. The lowest BCUT2D eigenvalue weighted by atomic mass is 10.3. The highest BCUT2D eigenvalue weighted by Crippen LogP contribution is 2.07. The molecule has 3 N–H and O–H groups in total. The second kappa shape index (κ2) is 6.49. The molecule has 0 spiro atoms. The van der Waals surface area contributed by atoms with Gasteiger partial charge in [-0.05, 0) is 0 Å². The summed E-state index contributed by atoms with van der Waals surface area (Å²) in [6.07, 6.45) is 0. The maximum atomic E-state index is 9.97. The van der Waals surface area contributed by atoms with E-state index in [1.54, 1.807) is 11.9 Å². The summed E-state index contributed by atoms with van der Waals surface area (Å²) in [6.45, 7) is 2.46. The molecule has 0 aliphatic heterocycles. The first kappa shape index (κ1) is 12.1. The van der Waals surface area contributed by atoms with Crippen molar-refractivity contribution in [3.63, 3.8) is 0 Å². The molecule has 0 aromatic carbocycles. The number of hydrogen-bond donors (Lipinski definition) is 2. The molecule has 0 aliphatic carbocycles. The van der Waals surface area contributed by atoms with Crippen LogP contribution in [0.25, 0.3) is 0 Å². The van der Waals surface area contributed by atoms with Crippen molar-refractivity contribution in [2.75, 3.05) is 12.3 Å². The summed E-state index contributed by atoms with van der Waals surface area (Å²) in [4.78, 5) is 14.0. The van der Waals surface area contributed by atoms with Gasteiger partial charge in [0, 0.05) is 5.75 Å². The molecule has 0 radical (unpaired) electrons. The molecule has 0 amide bonds. The van der Waals surface area contributed by atoms with Gasteiger partial charge in [0.2, 0.25) is 5.89 Å². The number of nitroso groups, excluding NO2 is 1. The lowest BCUT2D eigenvalue weighted by Crippen LogP contribution is -2.15. The summed E-state index contributed by atoms with van der Waals surface area (Å²) in [5, 5.41) is 6.33. The normalized spacial score (nSPS) is 12.7. The lowest BCUT2D eigenvalue weighted by molar-refractivity contribution is 0.369. The number of nitrogens with zero attached hydrogens (tertiary/aromatic N) is 3. The van der Waals surface area contributed by atoms with Gasteiger partial charge >= 0.3 is 0 Å². The highest BCUT2D eigenvalue weighted by atomic mass is 32.2. The van der Waals surface area contributed by atoms with Crippen LogP contribution in [0.4, 0.5) is 0 Å². The van der Waals surface area contributed by atoms with E-state index in [0.29, 0.717) is 18.3 Å². The Morgan fingerprint density at radius 1 is 1.73 bits per heavy atom. The van der Waals surface area contributed by atoms with Gasteiger partial charge in [-0.3, -0.25) is 4.72 Å². The molecule has 1 aromatic rings. The fourth-order valence-electron chi connectivity index (χ4n) is 0.867. The van der Waals surface area contributed by atoms with E-state index in [-0.39, 0.29) is 6.54 Å². The minimum atomic E-state index is -0.584. The van der Waals surface area contributed by atoms with Crippen molar-refractivity contribution in [2.24, 2.45) is 10.9 Å². The van der Waals surface area contributed by atoms with Crippen LogP contribution < -0.4 is 10.5 Å². The zero-order chi connectivity index (χ0) is 11.1. The number of rotatable bonds is 7. The Morgan fingerprint density at radius 2 is 2.53 bits per heavy atom. The smallest absolute Gasteiger partial charge is 0.241 e. The average Bonchev–Trinajstić information content (AvgIpc) is 2.67. The van der Waals surface area contributed by atoms with Gasteiger partial charge in [-0.1, -0.05) is 29.2 Å². The van der Waals surface area contributed by atoms with Crippen molar-refractivity contribution in [2.45, 2.75) is 19.5 Å². The molecule has 8 heteroatoms. The highest BCUT2D eigenvalue weighted by molar-refractivity contribution is 7.97. The van der Waals surface area contributed by atoms with Crippen LogP contribution in [-0.2, 0) is 6.54 Å². The van der Waals surface area contributed by atoms with Gasteiger partial charge in [-0.15, -0.1) is 0 Å². The van der Waals surface area contributed by atoms with Gasteiger partial charge in [0.25, 0.3) is 0 Å². The Bertz CT molecular complexity index is 305. The van der Waals surface area contributed by atoms with Gasteiger partial charge in [0.15, 0.2) is 5.82 Å². The minimum absolute atomic E-state index is 0.0455. The van der Waals surface area contributed by atoms with Gasteiger partial charge < -0.3 is 10.3 Å². The highest BCUT2D eigenvalue weighted by Gasteiger charge is 2.13. The quantitative estimate of drug-likeness (QED) is 0.402. The largest absolute Gasteiger partial charge is 0.338 e. The summed E-state index contributed by atoms with van der Waals surface area (Å²) >= 11 is 1.55. The van der Waals surface area contributed by atoms with E-state index in [9.17, 15) is 4.91 Å². The topological polar surface area (TPSA) is 106 Å². The van der Waals surface area contributed by atoms with Gasteiger partial charge in [-0.25, -0.2) is 0 Å². The first-order chi connectivity index (χ1) is 7.27. The van der Waals surface area contributed by atoms with E-state index in [4.69, 9.17) is 10.3 Å². The van der Waals surface area contributed by atoms with E-state index in [0.717, 1.165) is 5.75 Å². The number of hydrogen-bond acceptors (Lipinski definition) is 8. The predicted molar refractivity (Wildman–Crippen MR) is 56.9 cm³/mol. The van der Waals surface area contributed by atoms with E-state index < -0.39 is 6.04 Å². The molecular formula is C7H13N5O2S. The third kappa shape index (κ3) is 3.94. The summed E-state index contributed by atoms with van der Waals surface area (Å²) < 4.78 is 7.95. The van der Waals surface area contributed by atoms with Crippen molar-refractivity contribution in [3.05, 3.63) is 16.6 Å². The molecule has 0 aliphatic rings. The first-order valence-electron chi connectivity index (χ1n) is 4.49. The summed E-state index contributed by atoms with van der Waals surface area (Å²) in [5.74, 6) is 1.72. The zero-order valence-corrected chi connectivity index (χ0v) is 9.16. The Hall–Kier alpha value is -0.990. The standard InChI is InChI=1S/C7H13N5O2S/c1-2-15-10-4-6-11-7(12-14-6)5(8)3-9-13/h5,10H,2-4,8H2,1H3.